The SMILES string of the molecule is CCCC1CCC(CCc2ccc(-c3cc(F)c(F)c(Oc4cc(F)c(F)c(F)c4)c3C)cc2)CC1. The highest BCUT2D eigenvalue weighted by Gasteiger charge is 2.22. The first kappa shape index (κ1) is 26.2. The van der Waals surface area contributed by atoms with Gasteiger partial charge in [0.25, 0.3) is 0 Å². The van der Waals surface area contributed by atoms with E-state index < -0.39 is 40.6 Å². The molecule has 1 aliphatic carbocycles. The summed E-state index contributed by atoms with van der Waals surface area (Å²) in [5, 5.41) is 0. The van der Waals surface area contributed by atoms with Crippen molar-refractivity contribution in [3.63, 3.8) is 0 Å². The van der Waals surface area contributed by atoms with Gasteiger partial charge in [0.1, 0.15) is 5.75 Å². The molecule has 6 heteroatoms. The van der Waals surface area contributed by atoms with Gasteiger partial charge >= 0.3 is 0 Å². The Hall–Kier alpha value is -2.89. The van der Waals surface area contributed by atoms with Crippen LogP contribution in [0.2, 0.25) is 0 Å². The van der Waals surface area contributed by atoms with Gasteiger partial charge in [0.15, 0.2) is 29.0 Å². The maximum Gasteiger partial charge on any atom is 0.201 e. The summed E-state index contributed by atoms with van der Waals surface area (Å²) < 4.78 is 74.7. The standard InChI is InChI=1S/C30H31F5O/c1-3-4-19-5-7-20(8-6-19)9-10-21-11-13-22(14-12-21)24-17-27(33)29(35)30(18(24)2)36-23-15-25(31)28(34)26(32)16-23/h11-17,19-20H,3-10H2,1-2H3. The average Bonchev–Trinajstić information content (AvgIpc) is 2.87. The van der Waals surface area contributed by atoms with Crippen LogP contribution in [0.25, 0.3) is 11.1 Å². The van der Waals surface area contributed by atoms with Crippen molar-refractivity contribution in [1.82, 2.24) is 0 Å². The van der Waals surface area contributed by atoms with E-state index in [2.05, 4.69) is 6.92 Å². The second-order valence-corrected chi connectivity index (χ2v) is 9.89. The molecule has 1 fully saturated rings. The largest absolute Gasteiger partial charge is 0.454 e. The molecule has 0 aromatic heterocycles. The molecule has 0 heterocycles. The summed E-state index contributed by atoms with van der Waals surface area (Å²) in [6.45, 7) is 3.78. The molecule has 0 spiro atoms. The quantitative estimate of drug-likeness (QED) is 0.220. The third-order valence-corrected chi connectivity index (χ3v) is 7.37. The molecule has 0 unspecified atom stereocenters. The first-order valence-corrected chi connectivity index (χ1v) is 12.7. The summed E-state index contributed by atoms with van der Waals surface area (Å²) >= 11 is 0. The van der Waals surface area contributed by atoms with Gasteiger partial charge in [-0.25, -0.2) is 17.6 Å². The molecule has 0 aliphatic heterocycles. The fourth-order valence-corrected chi connectivity index (χ4v) is 5.26. The zero-order valence-electron chi connectivity index (χ0n) is 20.7. The van der Waals surface area contributed by atoms with Crippen LogP contribution in [-0.2, 0) is 6.42 Å². The number of hydrogen-bond acceptors (Lipinski definition) is 1. The molecule has 0 bridgehead atoms. The maximum atomic E-state index is 14.6. The van der Waals surface area contributed by atoms with Crippen LogP contribution in [0, 0.1) is 47.8 Å². The van der Waals surface area contributed by atoms with Crippen molar-refractivity contribution >= 4 is 0 Å². The molecule has 0 saturated heterocycles. The molecule has 1 saturated carbocycles. The molecular formula is C30H31F5O. The van der Waals surface area contributed by atoms with Gasteiger partial charge in [-0.15, -0.1) is 0 Å². The highest BCUT2D eigenvalue weighted by molar-refractivity contribution is 5.70. The predicted molar refractivity (Wildman–Crippen MR) is 132 cm³/mol. The van der Waals surface area contributed by atoms with Crippen LogP contribution in [0.5, 0.6) is 11.5 Å². The lowest BCUT2D eigenvalue weighted by Crippen LogP contribution is -2.15. The van der Waals surface area contributed by atoms with Crippen molar-refractivity contribution in [2.24, 2.45) is 11.8 Å². The lowest BCUT2D eigenvalue weighted by Gasteiger charge is -2.28. The van der Waals surface area contributed by atoms with Crippen molar-refractivity contribution in [3.8, 4) is 22.6 Å². The smallest absolute Gasteiger partial charge is 0.201 e. The van der Waals surface area contributed by atoms with Crippen LogP contribution < -0.4 is 4.74 Å². The van der Waals surface area contributed by atoms with Crippen LogP contribution >= 0.6 is 0 Å². The van der Waals surface area contributed by atoms with Crippen molar-refractivity contribution in [2.75, 3.05) is 0 Å². The van der Waals surface area contributed by atoms with E-state index in [0.717, 1.165) is 30.7 Å². The normalized spacial score (nSPS) is 17.9. The maximum absolute atomic E-state index is 14.6. The first-order valence-electron chi connectivity index (χ1n) is 12.7. The zero-order chi connectivity index (χ0) is 25.8. The van der Waals surface area contributed by atoms with Gasteiger partial charge < -0.3 is 4.74 Å². The lowest BCUT2D eigenvalue weighted by atomic mass is 9.78. The topological polar surface area (TPSA) is 9.23 Å². The molecule has 3 aromatic carbocycles. The molecule has 0 amide bonds. The minimum Gasteiger partial charge on any atom is -0.454 e. The van der Waals surface area contributed by atoms with Gasteiger partial charge in [0.2, 0.25) is 5.82 Å². The Morgan fingerprint density at radius 3 is 1.89 bits per heavy atom. The van der Waals surface area contributed by atoms with E-state index in [9.17, 15) is 22.0 Å². The second-order valence-electron chi connectivity index (χ2n) is 9.89. The Morgan fingerprint density at radius 1 is 0.750 bits per heavy atom. The Balaban J connectivity index is 1.48. The molecule has 4 rings (SSSR count). The highest BCUT2D eigenvalue weighted by atomic mass is 19.2. The van der Waals surface area contributed by atoms with Crippen LogP contribution in [0.15, 0.2) is 42.5 Å². The number of halogens is 5. The predicted octanol–water partition coefficient (Wildman–Crippen LogP) is 9.69. The summed E-state index contributed by atoms with van der Waals surface area (Å²) in [6, 6.07) is 9.95. The van der Waals surface area contributed by atoms with Crippen molar-refractivity contribution in [3.05, 3.63) is 82.7 Å². The van der Waals surface area contributed by atoms with Crippen LogP contribution in [-0.4, -0.2) is 0 Å². The number of aryl methyl sites for hydroxylation is 1. The van der Waals surface area contributed by atoms with Crippen LogP contribution in [0.4, 0.5) is 22.0 Å². The number of hydrogen-bond donors (Lipinski definition) is 0. The van der Waals surface area contributed by atoms with E-state index >= 15 is 0 Å². The summed E-state index contributed by atoms with van der Waals surface area (Å²) in [6.07, 6.45) is 9.95. The molecule has 36 heavy (non-hydrogen) atoms. The highest BCUT2D eigenvalue weighted by Crippen LogP contribution is 2.38. The third-order valence-electron chi connectivity index (χ3n) is 7.37. The fourth-order valence-electron chi connectivity index (χ4n) is 5.26. The van der Waals surface area contributed by atoms with E-state index in [4.69, 9.17) is 4.74 Å². The molecular weight excluding hydrogens is 471 g/mol. The molecule has 192 valence electrons. The Kier molecular flexibility index (Phi) is 8.32. The van der Waals surface area contributed by atoms with E-state index in [0.29, 0.717) is 23.3 Å². The Bertz CT molecular complexity index is 1170. The Morgan fingerprint density at radius 2 is 1.31 bits per heavy atom. The van der Waals surface area contributed by atoms with Crippen LogP contribution in [0.3, 0.4) is 0 Å². The van der Waals surface area contributed by atoms with Gasteiger partial charge in [-0.2, -0.15) is 4.39 Å². The Labute approximate surface area is 209 Å². The minimum absolute atomic E-state index is 0.260. The van der Waals surface area contributed by atoms with Crippen molar-refractivity contribution < 1.29 is 26.7 Å². The summed E-state index contributed by atoms with van der Waals surface area (Å²) in [7, 11) is 0. The molecule has 0 atom stereocenters. The minimum atomic E-state index is -1.66. The number of ether oxygens (including phenoxy) is 1. The van der Waals surface area contributed by atoms with Gasteiger partial charge in [0.05, 0.1) is 0 Å². The van der Waals surface area contributed by atoms with Gasteiger partial charge in [-0.05, 0) is 54.4 Å². The van der Waals surface area contributed by atoms with E-state index in [1.54, 1.807) is 0 Å². The first-order chi connectivity index (χ1) is 17.3. The van der Waals surface area contributed by atoms with Crippen molar-refractivity contribution in [2.45, 2.75) is 65.2 Å². The molecule has 0 N–H and O–H groups in total. The van der Waals surface area contributed by atoms with Gasteiger partial charge in [0, 0.05) is 17.7 Å². The lowest BCUT2D eigenvalue weighted by molar-refractivity contribution is 0.252. The van der Waals surface area contributed by atoms with Gasteiger partial charge in [-0.1, -0.05) is 69.7 Å². The molecule has 1 nitrogen and oxygen atoms in total. The van der Waals surface area contributed by atoms with Gasteiger partial charge in [-0.3, -0.25) is 0 Å². The third kappa shape index (κ3) is 5.91. The van der Waals surface area contributed by atoms with Crippen molar-refractivity contribution in [1.29, 1.82) is 0 Å². The summed E-state index contributed by atoms with van der Waals surface area (Å²) in [5.74, 6) is -6.39. The van der Waals surface area contributed by atoms with Crippen LogP contribution in [0.1, 0.15) is 63.0 Å². The zero-order valence-corrected chi connectivity index (χ0v) is 20.7. The van der Waals surface area contributed by atoms with E-state index in [-0.39, 0.29) is 5.56 Å². The number of rotatable bonds is 8. The number of benzene rings is 3. The van der Waals surface area contributed by atoms with E-state index in [1.165, 1.54) is 51.0 Å². The molecule has 1 aliphatic rings. The molecule has 3 aromatic rings. The fraction of sp³-hybridized carbons (Fsp3) is 0.400. The monoisotopic (exact) mass is 502 g/mol. The summed E-state index contributed by atoms with van der Waals surface area (Å²) in [5.41, 5.74) is 2.50. The summed E-state index contributed by atoms with van der Waals surface area (Å²) in [4.78, 5) is 0. The average molecular weight is 503 g/mol. The van der Waals surface area contributed by atoms with E-state index in [1.807, 2.05) is 24.3 Å². The molecule has 0 radical (unpaired) electrons. The second kappa shape index (κ2) is 11.4.